The van der Waals surface area contributed by atoms with Gasteiger partial charge in [0.25, 0.3) is 10.0 Å². The number of carbonyl (C=O) groups is 2. The van der Waals surface area contributed by atoms with Gasteiger partial charge in [0, 0.05) is 23.1 Å². The van der Waals surface area contributed by atoms with Crippen LogP contribution in [-0.2, 0) is 26.2 Å². The summed E-state index contributed by atoms with van der Waals surface area (Å²) in [5, 5.41) is 2.93. The summed E-state index contributed by atoms with van der Waals surface area (Å²) in [4.78, 5) is 28.7. The number of methoxy groups -OCH3 is 2. The van der Waals surface area contributed by atoms with Crippen molar-refractivity contribution in [2.75, 3.05) is 25.1 Å². The number of sulfonamides is 1. The number of rotatable bonds is 13. The van der Waals surface area contributed by atoms with Gasteiger partial charge < -0.3 is 19.7 Å². The van der Waals surface area contributed by atoms with E-state index in [9.17, 15) is 18.0 Å². The lowest BCUT2D eigenvalue weighted by Gasteiger charge is -2.33. The van der Waals surface area contributed by atoms with Gasteiger partial charge in [0.15, 0.2) is 0 Å². The molecule has 3 aromatic rings. The summed E-state index contributed by atoms with van der Waals surface area (Å²) in [5.74, 6) is -0.278. The minimum absolute atomic E-state index is 0.000283. The fourth-order valence-electron chi connectivity index (χ4n) is 4.06. The molecule has 0 unspecified atom stereocenters. The van der Waals surface area contributed by atoms with Gasteiger partial charge >= 0.3 is 0 Å². The molecular formula is C30H36BrN3O6S. The normalized spacial score (nSPS) is 12.6. The first-order valence-electron chi connectivity index (χ1n) is 13.2. The summed E-state index contributed by atoms with van der Waals surface area (Å²) < 4.78 is 40.7. The van der Waals surface area contributed by atoms with E-state index in [0.717, 1.165) is 20.8 Å². The molecule has 2 amide bonds. The maximum Gasteiger partial charge on any atom is 0.264 e. The summed E-state index contributed by atoms with van der Waals surface area (Å²) in [5.41, 5.74) is 0.908. The highest BCUT2D eigenvalue weighted by Crippen LogP contribution is 2.36. The molecule has 0 heterocycles. The highest BCUT2D eigenvalue weighted by Gasteiger charge is 2.34. The molecule has 0 saturated carbocycles. The molecule has 0 bridgehead atoms. The van der Waals surface area contributed by atoms with Crippen LogP contribution in [0.4, 0.5) is 5.69 Å². The van der Waals surface area contributed by atoms with Gasteiger partial charge in [-0.05, 0) is 62.2 Å². The van der Waals surface area contributed by atoms with Crippen molar-refractivity contribution < 1.29 is 27.5 Å². The molecule has 0 spiro atoms. The molecular weight excluding hydrogens is 610 g/mol. The Kier molecular flexibility index (Phi) is 11.2. The monoisotopic (exact) mass is 645 g/mol. The van der Waals surface area contributed by atoms with Gasteiger partial charge in [0.1, 0.15) is 24.1 Å². The van der Waals surface area contributed by atoms with Crippen molar-refractivity contribution in [3.63, 3.8) is 0 Å². The summed E-state index contributed by atoms with van der Waals surface area (Å²) >= 11 is 3.42. The van der Waals surface area contributed by atoms with Gasteiger partial charge in [0.05, 0.1) is 24.8 Å². The van der Waals surface area contributed by atoms with Crippen molar-refractivity contribution in [1.82, 2.24) is 10.2 Å². The van der Waals surface area contributed by atoms with E-state index in [1.807, 2.05) is 38.1 Å². The van der Waals surface area contributed by atoms with E-state index in [1.165, 1.54) is 37.3 Å². The second-order valence-electron chi connectivity index (χ2n) is 9.50. The highest BCUT2D eigenvalue weighted by molar-refractivity contribution is 9.10. The van der Waals surface area contributed by atoms with Crippen LogP contribution in [0.2, 0.25) is 0 Å². The van der Waals surface area contributed by atoms with E-state index in [2.05, 4.69) is 21.2 Å². The third-order valence-electron chi connectivity index (χ3n) is 6.70. The Morgan fingerprint density at radius 2 is 1.61 bits per heavy atom. The molecule has 11 heteroatoms. The summed E-state index contributed by atoms with van der Waals surface area (Å²) in [6.45, 7) is 4.98. The van der Waals surface area contributed by atoms with Crippen LogP contribution in [0.3, 0.4) is 0 Å². The predicted molar refractivity (Wildman–Crippen MR) is 163 cm³/mol. The molecule has 0 fully saturated rings. The van der Waals surface area contributed by atoms with Gasteiger partial charge in [-0.1, -0.05) is 53.2 Å². The van der Waals surface area contributed by atoms with Crippen LogP contribution < -0.4 is 19.1 Å². The highest BCUT2D eigenvalue weighted by atomic mass is 79.9. The predicted octanol–water partition coefficient (Wildman–Crippen LogP) is 4.99. The average Bonchev–Trinajstić information content (AvgIpc) is 2.98. The quantitative estimate of drug-likeness (QED) is 0.281. The van der Waals surface area contributed by atoms with E-state index in [4.69, 9.17) is 9.47 Å². The molecule has 3 rings (SSSR count). The van der Waals surface area contributed by atoms with Gasteiger partial charge in [-0.2, -0.15) is 0 Å². The van der Waals surface area contributed by atoms with E-state index >= 15 is 0 Å². The van der Waals surface area contributed by atoms with Gasteiger partial charge in [-0.15, -0.1) is 0 Å². The molecule has 0 aliphatic rings. The molecule has 0 aliphatic carbocycles. The van der Waals surface area contributed by atoms with Crippen molar-refractivity contribution >= 4 is 43.5 Å². The summed E-state index contributed by atoms with van der Waals surface area (Å²) in [6, 6.07) is 19.0. The van der Waals surface area contributed by atoms with E-state index in [-0.39, 0.29) is 34.8 Å². The topological polar surface area (TPSA) is 105 Å². The Bertz CT molecular complexity index is 1430. The Morgan fingerprint density at radius 1 is 0.951 bits per heavy atom. The van der Waals surface area contributed by atoms with Crippen molar-refractivity contribution in [2.24, 2.45) is 0 Å². The zero-order chi connectivity index (χ0) is 30.2. The SMILES string of the molecule is CC[C@@H](C)NC(=O)[C@@H](C)N(Cc1ccc(Br)cc1)C(=O)CN(c1cc(OC)ccc1OC)S(=O)(=O)c1ccccc1. The van der Waals surface area contributed by atoms with Crippen LogP contribution in [0.1, 0.15) is 32.8 Å². The smallest absolute Gasteiger partial charge is 0.264 e. The second kappa shape index (κ2) is 14.4. The summed E-state index contributed by atoms with van der Waals surface area (Å²) in [7, 11) is -1.36. The third-order valence-corrected chi connectivity index (χ3v) is 9.00. The Balaban J connectivity index is 2.10. The Hall–Kier alpha value is -3.57. The van der Waals surface area contributed by atoms with Gasteiger partial charge in [-0.3, -0.25) is 13.9 Å². The Morgan fingerprint density at radius 3 is 2.20 bits per heavy atom. The van der Waals surface area contributed by atoms with Crippen LogP contribution in [-0.4, -0.2) is 58.0 Å². The molecule has 0 radical (unpaired) electrons. The maximum atomic E-state index is 14.1. The number of nitrogens with zero attached hydrogens (tertiary/aromatic N) is 2. The lowest BCUT2D eigenvalue weighted by molar-refractivity contribution is -0.139. The molecule has 2 atom stereocenters. The standard InChI is InChI=1S/C30H36BrN3O6S/c1-6-21(2)32-30(36)22(3)33(19-23-12-14-24(31)15-13-23)29(35)20-34(41(37,38)26-10-8-7-9-11-26)27-18-25(39-4)16-17-28(27)40-5/h7-18,21-22H,6,19-20H2,1-5H3,(H,32,36)/t21-,22-/m1/s1. The second-order valence-corrected chi connectivity index (χ2v) is 12.3. The van der Waals surface area contributed by atoms with Crippen molar-refractivity contribution in [1.29, 1.82) is 0 Å². The van der Waals surface area contributed by atoms with Gasteiger partial charge in [-0.25, -0.2) is 8.42 Å². The number of carbonyl (C=O) groups excluding carboxylic acids is 2. The van der Waals surface area contributed by atoms with Crippen LogP contribution >= 0.6 is 15.9 Å². The molecule has 41 heavy (non-hydrogen) atoms. The van der Waals surface area contributed by atoms with Gasteiger partial charge in [0.2, 0.25) is 11.8 Å². The number of anilines is 1. The minimum Gasteiger partial charge on any atom is -0.497 e. The van der Waals surface area contributed by atoms with E-state index in [1.54, 1.807) is 37.3 Å². The zero-order valence-electron chi connectivity index (χ0n) is 23.8. The molecule has 0 aliphatic heterocycles. The van der Waals surface area contributed by atoms with Crippen LogP contribution in [0.15, 0.2) is 82.2 Å². The number of ether oxygens (including phenoxy) is 2. The molecule has 0 saturated heterocycles. The lowest BCUT2D eigenvalue weighted by atomic mass is 10.1. The van der Waals surface area contributed by atoms with Crippen LogP contribution in [0, 0.1) is 0 Å². The number of hydrogen-bond acceptors (Lipinski definition) is 6. The van der Waals surface area contributed by atoms with Crippen LogP contribution in [0.5, 0.6) is 11.5 Å². The largest absolute Gasteiger partial charge is 0.497 e. The van der Waals surface area contributed by atoms with Crippen molar-refractivity contribution in [3.8, 4) is 11.5 Å². The van der Waals surface area contributed by atoms with Crippen LogP contribution in [0.25, 0.3) is 0 Å². The lowest BCUT2D eigenvalue weighted by Crippen LogP contribution is -2.52. The molecule has 9 nitrogen and oxygen atoms in total. The molecule has 1 N–H and O–H groups in total. The van der Waals surface area contributed by atoms with E-state index in [0.29, 0.717) is 5.75 Å². The maximum absolute atomic E-state index is 14.1. The van der Waals surface area contributed by atoms with Crippen molar-refractivity contribution in [2.45, 2.75) is 50.7 Å². The fraction of sp³-hybridized carbons (Fsp3) is 0.333. The molecule has 0 aromatic heterocycles. The summed E-state index contributed by atoms with van der Waals surface area (Å²) in [6.07, 6.45) is 0.720. The third kappa shape index (κ3) is 8.01. The van der Waals surface area contributed by atoms with E-state index < -0.39 is 28.5 Å². The number of nitrogens with one attached hydrogen (secondary N) is 1. The minimum atomic E-state index is -4.24. The number of halogens is 1. The first-order valence-corrected chi connectivity index (χ1v) is 15.4. The number of amides is 2. The Labute approximate surface area is 250 Å². The number of benzene rings is 3. The van der Waals surface area contributed by atoms with Crippen molar-refractivity contribution in [3.05, 3.63) is 82.8 Å². The first-order chi connectivity index (χ1) is 19.5. The average molecular weight is 647 g/mol. The first kappa shape index (κ1) is 32.0. The fourth-order valence-corrected chi connectivity index (χ4v) is 5.76. The molecule has 220 valence electrons. The number of hydrogen-bond donors (Lipinski definition) is 1. The molecule has 3 aromatic carbocycles. The zero-order valence-corrected chi connectivity index (χ0v) is 26.2.